The quantitative estimate of drug-likeness (QED) is 0.145. The minimum atomic E-state index is -0.441. The molecule has 0 unspecified atom stereocenters. The molecule has 0 atom stereocenters. The number of carbonyl (C=O) groups is 1. The number of nitriles is 2. The minimum Gasteiger partial charge on any atom is -0.460 e. The van der Waals surface area contributed by atoms with Crippen LogP contribution in [-0.4, -0.2) is 63.6 Å². The molecular weight excluding hydrogens is 811 g/mol. The van der Waals surface area contributed by atoms with Crippen molar-refractivity contribution >= 4 is 49.5 Å². The predicted octanol–water partition coefficient (Wildman–Crippen LogP) is 10.9. The Morgan fingerprint density at radius 1 is 0.677 bits per heavy atom. The van der Waals surface area contributed by atoms with Crippen LogP contribution in [-0.2, 0) is 22.6 Å². The molecule has 11 nitrogen and oxygen atoms in total. The highest BCUT2D eigenvalue weighted by Gasteiger charge is 2.25. The molecule has 0 aliphatic carbocycles. The topological polar surface area (TPSA) is 158 Å². The van der Waals surface area contributed by atoms with Crippen molar-refractivity contribution in [2.45, 2.75) is 77.6 Å². The fraction of sp³-hybridized carbons (Fsp3) is 0.315. The molecule has 0 radical (unpaired) electrons. The smallest absolute Gasteiger partial charge is 0.306 e. The van der Waals surface area contributed by atoms with Crippen LogP contribution >= 0.6 is 0 Å². The van der Waals surface area contributed by atoms with Crippen molar-refractivity contribution in [1.29, 1.82) is 10.5 Å². The standard InChI is InChI=1S/C30H31N3O3.C24H22N4O/c1-30(2,3)36-29(34)14-20-8-10-33(11-9-20)19-21-12-23(16-31)25-17-32-18-26(24(25)13-21)28-15-22-6-4-5-7-27(22)35-28;25-12-18-9-16(15-28-7-5-19(26)6-8-28)10-20-21(18)13-27-14-22(20)24-11-17-3-1-2-4-23(17)29-24/h4-7,12-13,15,17-18,20H,8-11,14,19H2,1-3H3;1-4,9-11,13-14,19H,5-8,15,26H2. The molecule has 2 aliphatic heterocycles. The second-order valence-electron chi connectivity index (χ2n) is 18.5. The molecule has 10 rings (SSSR count). The van der Waals surface area contributed by atoms with E-state index in [2.05, 4.69) is 44.0 Å². The zero-order valence-electron chi connectivity index (χ0n) is 37.2. The summed E-state index contributed by atoms with van der Waals surface area (Å²) < 4.78 is 17.7. The van der Waals surface area contributed by atoms with Gasteiger partial charge in [0.1, 0.15) is 28.3 Å². The molecule has 4 aromatic carbocycles. The molecule has 2 N–H and O–H groups in total. The van der Waals surface area contributed by atoms with Crippen LogP contribution < -0.4 is 5.73 Å². The van der Waals surface area contributed by atoms with E-state index < -0.39 is 5.60 Å². The number of ether oxygens (including phenoxy) is 1. The molecule has 0 bridgehead atoms. The molecule has 2 saturated heterocycles. The van der Waals surface area contributed by atoms with Gasteiger partial charge in [-0.1, -0.05) is 36.4 Å². The van der Waals surface area contributed by atoms with E-state index in [4.69, 9.17) is 19.3 Å². The summed E-state index contributed by atoms with van der Waals surface area (Å²) in [5, 5.41) is 25.4. The highest BCUT2D eigenvalue weighted by Crippen LogP contribution is 2.36. The summed E-state index contributed by atoms with van der Waals surface area (Å²) in [6.07, 6.45) is 11.6. The van der Waals surface area contributed by atoms with Gasteiger partial charge in [-0.15, -0.1) is 0 Å². The van der Waals surface area contributed by atoms with Crippen LogP contribution in [0.15, 0.2) is 119 Å². The van der Waals surface area contributed by atoms with E-state index in [9.17, 15) is 15.3 Å². The van der Waals surface area contributed by atoms with Gasteiger partial charge in [0.2, 0.25) is 0 Å². The Hall–Kier alpha value is -6.89. The summed E-state index contributed by atoms with van der Waals surface area (Å²) in [6.45, 7) is 11.1. The minimum absolute atomic E-state index is 0.110. The van der Waals surface area contributed by atoms with Crippen molar-refractivity contribution in [3.8, 4) is 34.8 Å². The molecule has 11 heteroatoms. The van der Waals surface area contributed by atoms with Gasteiger partial charge >= 0.3 is 5.97 Å². The first-order chi connectivity index (χ1) is 31.5. The molecule has 0 spiro atoms. The van der Waals surface area contributed by atoms with Gasteiger partial charge in [-0.05, 0) is 149 Å². The van der Waals surface area contributed by atoms with Crippen LogP contribution in [0.2, 0.25) is 0 Å². The average molecular weight is 864 g/mol. The third-order valence-electron chi connectivity index (χ3n) is 12.5. The number of likely N-dealkylation sites (tertiary alicyclic amines) is 2. The van der Waals surface area contributed by atoms with Crippen molar-refractivity contribution in [3.05, 3.63) is 132 Å². The van der Waals surface area contributed by atoms with Crippen molar-refractivity contribution in [2.75, 3.05) is 26.2 Å². The van der Waals surface area contributed by atoms with E-state index in [-0.39, 0.29) is 5.97 Å². The summed E-state index contributed by atoms with van der Waals surface area (Å²) in [6, 6.07) is 33.3. The fourth-order valence-corrected chi connectivity index (χ4v) is 9.25. The van der Waals surface area contributed by atoms with Gasteiger partial charge in [0.25, 0.3) is 0 Å². The summed E-state index contributed by atoms with van der Waals surface area (Å²) in [4.78, 5) is 25.8. The molecular formula is C54H53N7O4. The maximum atomic E-state index is 12.2. The summed E-state index contributed by atoms with van der Waals surface area (Å²) in [5.74, 6) is 1.77. The van der Waals surface area contributed by atoms with Crippen molar-refractivity contribution < 1.29 is 18.4 Å². The van der Waals surface area contributed by atoms with Crippen LogP contribution in [0.1, 0.15) is 75.1 Å². The lowest BCUT2D eigenvalue weighted by atomic mass is 9.93. The number of fused-ring (bicyclic) bond motifs is 4. The Morgan fingerprint density at radius 3 is 1.58 bits per heavy atom. The van der Waals surface area contributed by atoms with E-state index in [1.165, 1.54) is 0 Å². The van der Waals surface area contributed by atoms with E-state index in [1.807, 2.05) is 106 Å². The van der Waals surface area contributed by atoms with Crippen LogP contribution in [0.5, 0.6) is 0 Å². The summed E-state index contributed by atoms with van der Waals surface area (Å²) >= 11 is 0. The maximum absolute atomic E-state index is 12.2. The molecule has 328 valence electrons. The third-order valence-corrected chi connectivity index (χ3v) is 12.5. The molecule has 0 saturated carbocycles. The molecule has 65 heavy (non-hydrogen) atoms. The maximum Gasteiger partial charge on any atom is 0.306 e. The average Bonchev–Trinajstić information content (AvgIpc) is 3.94. The van der Waals surface area contributed by atoms with Gasteiger partial charge in [-0.3, -0.25) is 24.6 Å². The zero-order valence-corrected chi connectivity index (χ0v) is 37.2. The number of nitrogens with zero attached hydrogens (tertiary/aromatic N) is 6. The number of esters is 1. The number of furan rings is 2. The lowest BCUT2D eigenvalue weighted by Gasteiger charge is -2.32. The number of hydrogen-bond donors (Lipinski definition) is 1. The molecule has 4 aromatic heterocycles. The number of carbonyl (C=O) groups excluding carboxylic acids is 1. The Morgan fingerprint density at radius 2 is 1.14 bits per heavy atom. The summed E-state index contributed by atoms with van der Waals surface area (Å²) in [7, 11) is 0. The molecule has 0 amide bonds. The zero-order chi connectivity index (χ0) is 45.1. The second kappa shape index (κ2) is 18.7. The van der Waals surface area contributed by atoms with Crippen LogP contribution in [0.25, 0.3) is 66.1 Å². The van der Waals surface area contributed by atoms with Crippen molar-refractivity contribution in [2.24, 2.45) is 11.7 Å². The normalized spacial score (nSPS) is 15.5. The number of aromatic nitrogens is 2. The lowest BCUT2D eigenvalue weighted by molar-refractivity contribution is -0.156. The first-order valence-corrected chi connectivity index (χ1v) is 22.5. The summed E-state index contributed by atoms with van der Waals surface area (Å²) in [5.41, 5.74) is 12.6. The lowest BCUT2D eigenvalue weighted by Crippen LogP contribution is -2.39. The number of piperidine rings is 2. The highest BCUT2D eigenvalue weighted by atomic mass is 16.6. The first kappa shape index (κ1) is 43.4. The Kier molecular flexibility index (Phi) is 12.5. The molecule has 2 fully saturated rings. The van der Waals surface area contributed by atoms with Gasteiger partial charge in [-0.25, -0.2) is 0 Å². The van der Waals surface area contributed by atoms with Crippen molar-refractivity contribution in [1.82, 2.24) is 19.8 Å². The van der Waals surface area contributed by atoms with E-state index in [0.29, 0.717) is 29.5 Å². The van der Waals surface area contributed by atoms with Gasteiger partial charge < -0.3 is 19.3 Å². The number of para-hydroxylation sites is 2. The SMILES string of the molecule is CC(C)(C)OC(=O)CC1CCN(Cc2cc(C#N)c3cncc(-c4cc5ccccc5o4)c3c2)CC1.N#Cc1cc(CN2CCC(N)CC2)cc2c(-c3cc4ccccc4o3)cncc12. The van der Waals surface area contributed by atoms with Crippen LogP contribution in [0.3, 0.4) is 0 Å². The predicted molar refractivity (Wildman–Crippen MR) is 254 cm³/mol. The number of hydrogen-bond acceptors (Lipinski definition) is 11. The second-order valence-corrected chi connectivity index (χ2v) is 18.5. The van der Waals surface area contributed by atoms with E-state index in [1.54, 1.807) is 12.4 Å². The van der Waals surface area contributed by atoms with Gasteiger partial charge in [0.15, 0.2) is 0 Å². The van der Waals surface area contributed by atoms with Crippen molar-refractivity contribution in [3.63, 3.8) is 0 Å². The number of nitrogens with two attached hydrogens (primary N) is 1. The van der Waals surface area contributed by atoms with Crippen LogP contribution in [0, 0.1) is 28.6 Å². The van der Waals surface area contributed by atoms with Crippen LogP contribution in [0.4, 0.5) is 0 Å². The fourth-order valence-electron chi connectivity index (χ4n) is 9.25. The molecule has 2 aliphatic rings. The van der Waals surface area contributed by atoms with E-state index in [0.717, 1.165) is 142 Å². The number of pyridine rings is 2. The monoisotopic (exact) mass is 863 g/mol. The highest BCUT2D eigenvalue weighted by molar-refractivity contribution is 6.01. The molecule has 8 aromatic rings. The largest absolute Gasteiger partial charge is 0.460 e. The Balaban J connectivity index is 0.000000168. The van der Waals surface area contributed by atoms with Gasteiger partial charge in [0, 0.05) is 83.0 Å². The van der Waals surface area contributed by atoms with Gasteiger partial charge in [0.05, 0.1) is 23.3 Å². The molecule has 6 heterocycles. The van der Waals surface area contributed by atoms with Gasteiger partial charge in [-0.2, -0.15) is 10.5 Å². The number of benzene rings is 4. The Labute approximate surface area is 379 Å². The van der Waals surface area contributed by atoms with E-state index >= 15 is 0 Å². The first-order valence-electron chi connectivity index (χ1n) is 22.5. The number of rotatable bonds is 8. The Bertz CT molecular complexity index is 3030. The third kappa shape index (κ3) is 9.94.